The highest BCUT2D eigenvalue weighted by atomic mass is 16.5. The number of aromatic hydroxyl groups is 1. The zero-order chi connectivity index (χ0) is 25.4. The molecule has 7 heteroatoms. The average Bonchev–Trinajstić information content (AvgIpc) is 3.38. The Morgan fingerprint density at radius 1 is 1.08 bits per heavy atom. The Hall–Kier alpha value is -4.26. The number of Topliss-reactive ketones (excluding diaryl/α,β-unsaturated/α-hetero) is 1. The first-order valence-electron chi connectivity index (χ1n) is 11.9. The lowest BCUT2D eigenvalue weighted by Crippen LogP contribution is -2.31. The molecule has 0 radical (unpaired) electrons. The maximum Gasteiger partial charge on any atom is 0.295 e. The van der Waals surface area contributed by atoms with Crippen molar-refractivity contribution in [2.24, 2.45) is 0 Å². The molecular weight excluding hydrogens is 458 g/mol. The van der Waals surface area contributed by atoms with Crippen molar-refractivity contribution in [2.75, 3.05) is 13.7 Å². The zero-order valence-electron chi connectivity index (χ0n) is 20.1. The number of carbonyl (C=O) groups is 2. The van der Waals surface area contributed by atoms with Crippen molar-refractivity contribution < 1.29 is 29.3 Å². The first kappa shape index (κ1) is 23.5. The molecule has 5 rings (SSSR count). The molecule has 2 N–H and O–H groups in total. The molecule has 1 amide bonds. The fraction of sp³-hybridized carbons (Fsp3) is 0.241. The third-order valence-electron chi connectivity index (χ3n) is 6.71. The van der Waals surface area contributed by atoms with E-state index in [1.54, 1.807) is 30.3 Å². The standard InChI is InChI=1S/C29H27NO6/c1-17-14-21-15-20(9-11-23(21)36-17)27(32)25-26(19-8-10-22(31)24(16-19)35-2)30(29(34)28(25)33)13-12-18-6-4-3-5-7-18/h3-11,15-17,26,31-32H,12-14H2,1-2H3/t17-,26+/m0/s1. The minimum absolute atomic E-state index is 0.00715. The number of methoxy groups -OCH3 is 1. The van der Waals surface area contributed by atoms with Gasteiger partial charge in [0.05, 0.1) is 18.7 Å². The van der Waals surface area contributed by atoms with Crippen LogP contribution in [0.1, 0.15) is 35.2 Å². The number of phenolic OH excluding ortho intramolecular Hbond substituents is 1. The quantitative estimate of drug-likeness (QED) is 0.305. The molecule has 0 saturated carbocycles. The number of phenols is 1. The third kappa shape index (κ3) is 4.17. The van der Waals surface area contributed by atoms with Crippen LogP contribution in [0.5, 0.6) is 17.2 Å². The molecule has 184 valence electrons. The van der Waals surface area contributed by atoms with Crippen LogP contribution in [0.4, 0.5) is 0 Å². The van der Waals surface area contributed by atoms with E-state index in [1.807, 2.05) is 37.3 Å². The van der Waals surface area contributed by atoms with E-state index in [9.17, 15) is 19.8 Å². The van der Waals surface area contributed by atoms with Crippen molar-refractivity contribution in [2.45, 2.75) is 31.9 Å². The monoisotopic (exact) mass is 485 g/mol. The molecule has 3 aromatic carbocycles. The molecule has 0 aromatic heterocycles. The van der Waals surface area contributed by atoms with E-state index < -0.39 is 17.7 Å². The highest BCUT2D eigenvalue weighted by molar-refractivity contribution is 6.46. The van der Waals surface area contributed by atoms with Crippen molar-refractivity contribution >= 4 is 17.4 Å². The molecule has 7 nitrogen and oxygen atoms in total. The number of carbonyl (C=O) groups excluding carboxylic acids is 2. The van der Waals surface area contributed by atoms with Gasteiger partial charge in [-0.15, -0.1) is 0 Å². The fourth-order valence-electron chi connectivity index (χ4n) is 4.94. The number of benzene rings is 3. The second kappa shape index (κ2) is 9.41. The lowest BCUT2D eigenvalue weighted by atomic mass is 9.94. The van der Waals surface area contributed by atoms with Crippen molar-refractivity contribution in [3.63, 3.8) is 0 Å². The summed E-state index contributed by atoms with van der Waals surface area (Å²) in [5.41, 5.74) is 2.97. The van der Waals surface area contributed by atoms with E-state index in [0.29, 0.717) is 24.0 Å². The van der Waals surface area contributed by atoms with E-state index in [1.165, 1.54) is 18.1 Å². The van der Waals surface area contributed by atoms with Crippen LogP contribution in [0.25, 0.3) is 5.76 Å². The number of nitrogens with zero attached hydrogens (tertiary/aromatic N) is 1. The minimum Gasteiger partial charge on any atom is -0.507 e. The second-order valence-corrected chi connectivity index (χ2v) is 9.11. The number of ether oxygens (including phenoxy) is 2. The number of ketones is 1. The Morgan fingerprint density at radius 2 is 1.86 bits per heavy atom. The van der Waals surface area contributed by atoms with Gasteiger partial charge in [-0.1, -0.05) is 36.4 Å². The van der Waals surface area contributed by atoms with Gasteiger partial charge >= 0.3 is 0 Å². The van der Waals surface area contributed by atoms with Gasteiger partial charge < -0.3 is 24.6 Å². The Kier molecular flexibility index (Phi) is 6.14. The minimum atomic E-state index is -0.841. The van der Waals surface area contributed by atoms with E-state index in [2.05, 4.69) is 0 Å². The van der Waals surface area contributed by atoms with Gasteiger partial charge in [-0.05, 0) is 60.4 Å². The van der Waals surface area contributed by atoms with E-state index >= 15 is 0 Å². The van der Waals surface area contributed by atoms with Crippen LogP contribution >= 0.6 is 0 Å². The van der Waals surface area contributed by atoms with Gasteiger partial charge in [0.1, 0.15) is 17.6 Å². The van der Waals surface area contributed by atoms with E-state index in [0.717, 1.165) is 16.9 Å². The largest absolute Gasteiger partial charge is 0.507 e. The fourth-order valence-corrected chi connectivity index (χ4v) is 4.94. The predicted octanol–water partition coefficient (Wildman–Crippen LogP) is 4.39. The molecule has 36 heavy (non-hydrogen) atoms. The molecule has 1 saturated heterocycles. The lowest BCUT2D eigenvalue weighted by molar-refractivity contribution is -0.139. The summed E-state index contributed by atoms with van der Waals surface area (Å²) in [7, 11) is 1.43. The van der Waals surface area contributed by atoms with Gasteiger partial charge in [0.25, 0.3) is 11.7 Å². The van der Waals surface area contributed by atoms with Crippen LogP contribution < -0.4 is 9.47 Å². The van der Waals surface area contributed by atoms with Gasteiger partial charge in [-0.3, -0.25) is 9.59 Å². The number of likely N-dealkylation sites (tertiary alicyclic amines) is 1. The summed E-state index contributed by atoms with van der Waals surface area (Å²) in [4.78, 5) is 28.0. The third-order valence-corrected chi connectivity index (χ3v) is 6.71. The van der Waals surface area contributed by atoms with Crippen molar-refractivity contribution in [1.29, 1.82) is 0 Å². The topological polar surface area (TPSA) is 96.3 Å². The van der Waals surface area contributed by atoms with Gasteiger partial charge in [-0.2, -0.15) is 0 Å². The van der Waals surface area contributed by atoms with Crippen LogP contribution in [0.15, 0.2) is 72.3 Å². The smallest absolute Gasteiger partial charge is 0.295 e. The zero-order valence-corrected chi connectivity index (χ0v) is 20.1. The summed E-state index contributed by atoms with van der Waals surface area (Å²) < 4.78 is 11.0. The van der Waals surface area contributed by atoms with Gasteiger partial charge in [0, 0.05) is 18.5 Å². The first-order valence-corrected chi connectivity index (χ1v) is 11.9. The highest BCUT2D eigenvalue weighted by Gasteiger charge is 2.46. The van der Waals surface area contributed by atoms with E-state index in [4.69, 9.17) is 9.47 Å². The summed E-state index contributed by atoms with van der Waals surface area (Å²) in [5, 5.41) is 21.5. The summed E-state index contributed by atoms with van der Waals surface area (Å²) in [6.07, 6.45) is 1.26. The number of hydrogen-bond acceptors (Lipinski definition) is 6. The molecule has 0 spiro atoms. The van der Waals surface area contributed by atoms with Crippen LogP contribution in [-0.4, -0.2) is 46.6 Å². The van der Waals surface area contributed by atoms with Gasteiger partial charge in [0.15, 0.2) is 11.5 Å². The number of amides is 1. The summed E-state index contributed by atoms with van der Waals surface area (Å²) in [5.74, 6) is -0.762. The maximum absolute atomic E-state index is 13.3. The Labute approximate surface area is 209 Å². The van der Waals surface area contributed by atoms with Crippen LogP contribution in [0, 0.1) is 0 Å². The highest BCUT2D eigenvalue weighted by Crippen LogP contribution is 2.42. The van der Waals surface area contributed by atoms with Crippen LogP contribution in [-0.2, 0) is 22.4 Å². The molecule has 2 aliphatic rings. The molecule has 2 heterocycles. The maximum atomic E-state index is 13.3. The van der Waals surface area contributed by atoms with Crippen LogP contribution in [0.3, 0.4) is 0 Å². The average molecular weight is 486 g/mol. The van der Waals surface area contributed by atoms with Gasteiger partial charge in [-0.25, -0.2) is 0 Å². The number of aliphatic hydroxyl groups excluding tert-OH is 1. The van der Waals surface area contributed by atoms with Crippen LogP contribution in [0.2, 0.25) is 0 Å². The normalized spacial score (nSPS) is 20.3. The van der Waals surface area contributed by atoms with E-state index in [-0.39, 0.29) is 35.5 Å². The molecule has 0 aliphatic carbocycles. The molecule has 2 atom stereocenters. The predicted molar refractivity (Wildman–Crippen MR) is 134 cm³/mol. The molecule has 1 fully saturated rings. The molecule has 0 bridgehead atoms. The number of rotatable bonds is 6. The Balaban J connectivity index is 1.60. The summed E-state index contributed by atoms with van der Waals surface area (Å²) in [6.45, 7) is 2.24. The molecule has 2 aliphatic heterocycles. The SMILES string of the molecule is COc1cc([C@@H]2C(=C(O)c3ccc4c(c3)C[C@H](C)O4)C(=O)C(=O)N2CCc2ccccc2)ccc1O. The van der Waals surface area contributed by atoms with Crippen molar-refractivity contribution in [3.8, 4) is 17.2 Å². The number of fused-ring (bicyclic) bond motifs is 1. The van der Waals surface area contributed by atoms with Gasteiger partial charge in [0.2, 0.25) is 0 Å². The Morgan fingerprint density at radius 3 is 2.61 bits per heavy atom. The van der Waals surface area contributed by atoms with Crippen molar-refractivity contribution in [1.82, 2.24) is 4.90 Å². The Bertz CT molecular complexity index is 1360. The first-order chi connectivity index (χ1) is 17.4. The molecular formula is C29H27NO6. The number of hydrogen-bond donors (Lipinski definition) is 2. The van der Waals surface area contributed by atoms with Crippen molar-refractivity contribution in [3.05, 3.63) is 94.6 Å². The summed E-state index contributed by atoms with van der Waals surface area (Å²) >= 11 is 0. The number of aliphatic hydroxyl groups is 1. The summed E-state index contributed by atoms with van der Waals surface area (Å²) in [6, 6.07) is 18.8. The lowest BCUT2D eigenvalue weighted by Gasteiger charge is -2.26. The molecule has 0 unspecified atom stereocenters. The molecule has 3 aromatic rings. The second-order valence-electron chi connectivity index (χ2n) is 9.11.